The van der Waals surface area contributed by atoms with Crippen molar-refractivity contribution in [3.05, 3.63) is 65.2 Å². The minimum Gasteiger partial charge on any atom is -0.507 e. The van der Waals surface area contributed by atoms with Crippen molar-refractivity contribution in [3.8, 4) is 5.75 Å². The lowest BCUT2D eigenvalue weighted by Crippen LogP contribution is -2.09. The van der Waals surface area contributed by atoms with Crippen molar-refractivity contribution in [1.29, 1.82) is 0 Å². The summed E-state index contributed by atoms with van der Waals surface area (Å²) in [4.78, 5) is 23.2. The SMILES string of the molecule is O=C(O)c1cccc(O)c1C(=O)c1ccccc1. The molecule has 0 spiro atoms. The van der Waals surface area contributed by atoms with E-state index in [0.29, 0.717) is 5.56 Å². The second kappa shape index (κ2) is 4.71. The van der Waals surface area contributed by atoms with Gasteiger partial charge in [0.15, 0.2) is 5.78 Å². The molecule has 18 heavy (non-hydrogen) atoms. The maximum atomic E-state index is 12.2. The van der Waals surface area contributed by atoms with Gasteiger partial charge in [0.1, 0.15) is 5.75 Å². The number of phenolic OH excluding ortho intramolecular Hbond substituents is 1. The van der Waals surface area contributed by atoms with E-state index in [9.17, 15) is 14.7 Å². The fraction of sp³-hybridized carbons (Fsp3) is 0. The van der Waals surface area contributed by atoms with Crippen LogP contribution in [0, 0.1) is 0 Å². The zero-order chi connectivity index (χ0) is 13.1. The molecule has 0 fully saturated rings. The van der Waals surface area contributed by atoms with Gasteiger partial charge in [-0.2, -0.15) is 0 Å². The molecule has 0 amide bonds. The van der Waals surface area contributed by atoms with Gasteiger partial charge in [0.25, 0.3) is 0 Å². The average Bonchev–Trinajstić information content (AvgIpc) is 2.38. The summed E-state index contributed by atoms with van der Waals surface area (Å²) in [6.07, 6.45) is 0. The summed E-state index contributed by atoms with van der Waals surface area (Å²) in [5, 5.41) is 18.7. The highest BCUT2D eigenvalue weighted by Gasteiger charge is 2.21. The largest absolute Gasteiger partial charge is 0.507 e. The smallest absolute Gasteiger partial charge is 0.336 e. The highest BCUT2D eigenvalue weighted by molar-refractivity contribution is 6.15. The Labute approximate surface area is 103 Å². The van der Waals surface area contributed by atoms with Gasteiger partial charge in [0.05, 0.1) is 11.1 Å². The molecule has 0 unspecified atom stereocenters. The third-order valence-electron chi connectivity index (χ3n) is 2.54. The number of hydrogen-bond donors (Lipinski definition) is 2. The minimum atomic E-state index is -1.25. The van der Waals surface area contributed by atoms with Crippen molar-refractivity contribution >= 4 is 11.8 Å². The molecule has 0 atom stereocenters. The number of carboxylic acids is 1. The predicted octanol–water partition coefficient (Wildman–Crippen LogP) is 2.32. The molecule has 0 saturated carbocycles. The number of aromatic hydroxyl groups is 1. The zero-order valence-corrected chi connectivity index (χ0v) is 9.33. The predicted molar refractivity (Wildman–Crippen MR) is 64.9 cm³/mol. The van der Waals surface area contributed by atoms with E-state index in [2.05, 4.69) is 0 Å². The first-order valence-corrected chi connectivity index (χ1v) is 5.26. The maximum Gasteiger partial charge on any atom is 0.336 e. The molecule has 4 heteroatoms. The molecule has 0 saturated heterocycles. The van der Waals surface area contributed by atoms with Gasteiger partial charge in [0, 0.05) is 5.56 Å². The molecule has 0 radical (unpaired) electrons. The van der Waals surface area contributed by atoms with Crippen LogP contribution in [-0.4, -0.2) is 22.0 Å². The number of benzene rings is 2. The first-order valence-electron chi connectivity index (χ1n) is 5.26. The van der Waals surface area contributed by atoms with E-state index in [1.165, 1.54) is 18.2 Å². The van der Waals surface area contributed by atoms with Crippen LogP contribution in [-0.2, 0) is 0 Å². The lowest BCUT2D eigenvalue weighted by atomic mass is 9.97. The molecule has 0 aliphatic rings. The third-order valence-corrected chi connectivity index (χ3v) is 2.54. The number of rotatable bonds is 3. The summed E-state index contributed by atoms with van der Waals surface area (Å²) in [5.74, 6) is -2.08. The molecule has 0 bridgehead atoms. The Hall–Kier alpha value is -2.62. The number of carboxylic acid groups (broad SMARTS) is 1. The van der Waals surface area contributed by atoms with Gasteiger partial charge < -0.3 is 10.2 Å². The van der Waals surface area contributed by atoms with E-state index in [-0.39, 0.29) is 16.9 Å². The van der Waals surface area contributed by atoms with Gasteiger partial charge in [-0.15, -0.1) is 0 Å². The van der Waals surface area contributed by atoms with Crippen LogP contribution in [0.4, 0.5) is 0 Å². The average molecular weight is 242 g/mol. The lowest BCUT2D eigenvalue weighted by molar-refractivity contribution is 0.0692. The van der Waals surface area contributed by atoms with Crippen LogP contribution in [0.3, 0.4) is 0 Å². The van der Waals surface area contributed by atoms with E-state index in [4.69, 9.17) is 5.11 Å². The first kappa shape index (κ1) is 11.9. The van der Waals surface area contributed by atoms with Gasteiger partial charge in [-0.25, -0.2) is 4.79 Å². The third kappa shape index (κ3) is 2.08. The van der Waals surface area contributed by atoms with Crippen LogP contribution < -0.4 is 0 Å². The number of carbonyl (C=O) groups is 2. The normalized spacial score (nSPS) is 10.0. The van der Waals surface area contributed by atoms with E-state index in [1.807, 2.05) is 0 Å². The van der Waals surface area contributed by atoms with Gasteiger partial charge in [-0.05, 0) is 12.1 Å². The van der Waals surface area contributed by atoms with E-state index in [1.54, 1.807) is 30.3 Å². The standard InChI is InChI=1S/C14H10O4/c15-11-8-4-7-10(14(17)18)12(11)13(16)9-5-2-1-3-6-9/h1-8,15H,(H,17,18). The van der Waals surface area contributed by atoms with Crippen LogP contribution in [0.1, 0.15) is 26.3 Å². The summed E-state index contributed by atoms with van der Waals surface area (Å²) >= 11 is 0. The molecule has 2 N–H and O–H groups in total. The van der Waals surface area contributed by atoms with Gasteiger partial charge in [0.2, 0.25) is 0 Å². The Balaban J connectivity index is 2.58. The van der Waals surface area contributed by atoms with Crippen LogP contribution in [0.2, 0.25) is 0 Å². The number of hydrogen-bond acceptors (Lipinski definition) is 3. The fourth-order valence-electron chi connectivity index (χ4n) is 1.69. The Morgan fingerprint density at radius 1 is 0.889 bits per heavy atom. The molecule has 90 valence electrons. The Morgan fingerprint density at radius 2 is 1.56 bits per heavy atom. The molecule has 4 nitrogen and oxygen atoms in total. The Bertz CT molecular complexity index is 602. The van der Waals surface area contributed by atoms with Crippen molar-refractivity contribution < 1.29 is 19.8 Å². The topological polar surface area (TPSA) is 74.6 Å². The van der Waals surface area contributed by atoms with Crippen LogP contribution >= 0.6 is 0 Å². The number of carbonyl (C=O) groups excluding carboxylic acids is 1. The van der Waals surface area contributed by atoms with Crippen molar-refractivity contribution in [3.63, 3.8) is 0 Å². The highest BCUT2D eigenvalue weighted by Crippen LogP contribution is 2.24. The first-order chi connectivity index (χ1) is 8.61. The van der Waals surface area contributed by atoms with E-state index in [0.717, 1.165) is 0 Å². The van der Waals surface area contributed by atoms with Crippen LogP contribution in [0.5, 0.6) is 5.75 Å². The molecular formula is C14H10O4. The number of ketones is 1. The number of phenols is 1. The second-order valence-corrected chi connectivity index (χ2v) is 3.70. The van der Waals surface area contributed by atoms with Gasteiger partial charge in [-0.3, -0.25) is 4.79 Å². The molecule has 2 rings (SSSR count). The van der Waals surface area contributed by atoms with Gasteiger partial charge in [-0.1, -0.05) is 36.4 Å². The molecule has 0 aliphatic heterocycles. The quantitative estimate of drug-likeness (QED) is 0.810. The lowest BCUT2D eigenvalue weighted by Gasteiger charge is -2.07. The molecule has 2 aromatic rings. The summed E-state index contributed by atoms with van der Waals surface area (Å²) in [6.45, 7) is 0. The Morgan fingerprint density at radius 3 is 2.17 bits per heavy atom. The van der Waals surface area contributed by atoms with Crippen molar-refractivity contribution in [2.45, 2.75) is 0 Å². The van der Waals surface area contributed by atoms with Crippen molar-refractivity contribution in [1.82, 2.24) is 0 Å². The molecule has 2 aromatic carbocycles. The summed E-state index contributed by atoms with van der Waals surface area (Å²) in [6, 6.07) is 12.2. The summed E-state index contributed by atoms with van der Waals surface area (Å²) in [7, 11) is 0. The zero-order valence-electron chi connectivity index (χ0n) is 9.33. The molecule has 0 heterocycles. The maximum absolute atomic E-state index is 12.2. The van der Waals surface area contributed by atoms with E-state index >= 15 is 0 Å². The second-order valence-electron chi connectivity index (χ2n) is 3.70. The molecule has 0 aliphatic carbocycles. The minimum absolute atomic E-state index is 0.184. The van der Waals surface area contributed by atoms with Crippen molar-refractivity contribution in [2.24, 2.45) is 0 Å². The van der Waals surface area contributed by atoms with Crippen LogP contribution in [0.15, 0.2) is 48.5 Å². The summed E-state index contributed by atoms with van der Waals surface area (Å²) < 4.78 is 0. The number of aromatic carboxylic acids is 1. The van der Waals surface area contributed by atoms with Gasteiger partial charge >= 0.3 is 5.97 Å². The van der Waals surface area contributed by atoms with Crippen molar-refractivity contribution in [2.75, 3.05) is 0 Å². The summed E-state index contributed by atoms with van der Waals surface area (Å²) in [5.41, 5.74) is -0.0541. The highest BCUT2D eigenvalue weighted by atomic mass is 16.4. The van der Waals surface area contributed by atoms with Crippen LogP contribution in [0.25, 0.3) is 0 Å². The van der Waals surface area contributed by atoms with E-state index < -0.39 is 11.8 Å². The molecular weight excluding hydrogens is 232 g/mol. The Kier molecular flexibility index (Phi) is 3.10. The molecule has 0 aromatic heterocycles. The monoisotopic (exact) mass is 242 g/mol. The fourth-order valence-corrected chi connectivity index (χ4v) is 1.69.